The molecule has 0 heterocycles. The Morgan fingerprint density at radius 3 is 2.40 bits per heavy atom. The predicted molar refractivity (Wildman–Crippen MR) is 143 cm³/mol. The molecule has 1 aliphatic carbocycles. The van der Waals surface area contributed by atoms with E-state index in [1.807, 2.05) is 35.2 Å². The van der Waals surface area contributed by atoms with E-state index >= 15 is 0 Å². The number of urea groups is 1. The van der Waals surface area contributed by atoms with E-state index in [4.69, 9.17) is 4.74 Å². The van der Waals surface area contributed by atoms with Gasteiger partial charge in [0.05, 0.1) is 7.11 Å². The maximum absolute atomic E-state index is 13.4. The highest BCUT2D eigenvalue weighted by Gasteiger charge is 2.32. The van der Waals surface area contributed by atoms with Crippen LogP contribution < -0.4 is 10.1 Å². The highest BCUT2D eigenvalue weighted by Crippen LogP contribution is 2.36. The zero-order valence-corrected chi connectivity index (χ0v) is 22.1. The number of nitrogens with one attached hydrogen (secondary N) is 1. The highest BCUT2D eigenvalue weighted by atomic mass is 32.2. The van der Waals surface area contributed by atoms with E-state index in [-0.39, 0.29) is 12.1 Å². The molecule has 7 heteroatoms. The number of thioether (sulfide) groups is 1. The quantitative estimate of drug-likeness (QED) is 0.254. The van der Waals surface area contributed by atoms with Gasteiger partial charge in [-0.3, -0.25) is 4.79 Å². The monoisotopic (exact) mass is 498 g/mol. The first-order valence-electron chi connectivity index (χ1n) is 12.5. The van der Waals surface area contributed by atoms with Gasteiger partial charge >= 0.3 is 12.0 Å². The third-order valence-corrected chi connectivity index (χ3v) is 7.70. The molecule has 2 aromatic rings. The number of carbonyl (C=O) groups is 2. The number of aliphatic carboxylic acids is 1. The zero-order chi connectivity index (χ0) is 25.4. The van der Waals surface area contributed by atoms with Crippen LogP contribution in [0.25, 0.3) is 0 Å². The van der Waals surface area contributed by atoms with Crippen LogP contribution in [0.1, 0.15) is 64.0 Å². The van der Waals surface area contributed by atoms with E-state index in [9.17, 15) is 14.7 Å². The van der Waals surface area contributed by atoms with E-state index in [1.165, 1.54) is 42.2 Å². The number of carboxylic acids is 1. The molecule has 3 rings (SSSR count). The molecule has 2 aromatic carbocycles. The summed E-state index contributed by atoms with van der Waals surface area (Å²) in [4.78, 5) is 27.9. The molecule has 0 aliphatic heterocycles. The van der Waals surface area contributed by atoms with Crippen LogP contribution >= 0.6 is 11.8 Å². The summed E-state index contributed by atoms with van der Waals surface area (Å²) < 4.78 is 4.33. The maximum Gasteiger partial charge on any atom is 0.322 e. The van der Waals surface area contributed by atoms with E-state index in [2.05, 4.69) is 24.4 Å². The van der Waals surface area contributed by atoms with Gasteiger partial charge in [0.2, 0.25) is 0 Å². The molecule has 0 saturated heterocycles. The van der Waals surface area contributed by atoms with Crippen LogP contribution in [0, 0.1) is 0 Å². The molecule has 0 radical (unpaired) electrons. The molecule has 0 fully saturated rings. The Balaban J connectivity index is 1.71. The van der Waals surface area contributed by atoms with Crippen LogP contribution in [-0.4, -0.2) is 46.5 Å². The molecular formula is C28H38N2O4S. The van der Waals surface area contributed by atoms with E-state index < -0.39 is 10.7 Å². The summed E-state index contributed by atoms with van der Waals surface area (Å²) in [5, 5.41) is 12.5. The number of amides is 2. The predicted octanol–water partition coefficient (Wildman–Crippen LogP) is 6.62. The number of rotatable bonds is 12. The molecule has 1 aliphatic rings. The smallest absolute Gasteiger partial charge is 0.322 e. The van der Waals surface area contributed by atoms with Crippen molar-refractivity contribution in [2.24, 2.45) is 0 Å². The van der Waals surface area contributed by atoms with Crippen molar-refractivity contribution in [2.75, 3.05) is 19.0 Å². The molecule has 0 bridgehead atoms. The Bertz CT molecular complexity index is 1010. The molecule has 0 aromatic heterocycles. The molecule has 2 amide bonds. The Labute approximate surface area is 213 Å². The lowest BCUT2D eigenvalue weighted by Gasteiger charge is -2.29. The van der Waals surface area contributed by atoms with Crippen molar-refractivity contribution >= 4 is 29.4 Å². The summed E-state index contributed by atoms with van der Waals surface area (Å²) in [6.07, 6.45) is 7.30. The number of carbonyl (C=O) groups excluding carboxylic acids is 1. The molecule has 1 unspecified atom stereocenters. The fraction of sp³-hybridized carbons (Fsp3) is 0.500. The van der Waals surface area contributed by atoms with Crippen molar-refractivity contribution in [3.05, 3.63) is 53.6 Å². The molecule has 35 heavy (non-hydrogen) atoms. The minimum absolute atomic E-state index is 0.0786. The third kappa shape index (κ3) is 7.40. The normalized spacial score (nSPS) is 14.9. The number of methoxy groups -OCH3 is 1. The largest absolute Gasteiger partial charge is 0.497 e. The van der Waals surface area contributed by atoms with Crippen molar-refractivity contribution in [3.63, 3.8) is 0 Å². The molecule has 6 nitrogen and oxygen atoms in total. The molecule has 1 atom stereocenters. The molecule has 0 saturated carbocycles. The number of nitrogens with zero attached hydrogens (tertiary/aromatic N) is 1. The second kappa shape index (κ2) is 12.3. The second-order valence-electron chi connectivity index (χ2n) is 9.68. The zero-order valence-electron chi connectivity index (χ0n) is 21.3. The second-order valence-corrected chi connectivity index (χ2v) is 11.4. The van der Waals surface area contributed by atoms with Crippen molar-refractivity contribution in [2.45, 2.75) is 81.4 Å². The summed E-state index contributed by atoms with van der Waals surface area (Å²) >= 11 is 1.36. The van der Waals surface area contributed by atoms with Crippen molar-refractivity contribution < 1.29 is 19.4 Å². The molecule has 0 spiro atoms. The number of hydrogen-bond donors (Lipinski definition) is 2. The molecule has 190 valence electrons. The lowest BCUT2D eigenvalue weighted by molar-refractivity contribution is -0.138. The first-order valence-corrected chi connectivity index (χ1v) is 13.3. The van der Waals surface area contributed by atoms with Gasteiger partial charge in [-0.1, -0.05) is 38.7 Å². The lowest BCUT2D eigenvalue weighted by Crippen LogP contribution is -2.44. The van der Waals surface area contributed by atoms with Gasteiger partial charge in [0, 0.05) is 23.2 Å². The van der Waals surface area contributed by atoms with Crippen LogP contribution in [0.3, 0.4) is 0 Å². The van der Waals surface area contributed by atoms with Gasteiger partial charge in [0.15, 0.2) is 0 Å². The number of anilines is 1. The number of benzene rings is 2. The SMILES string of the molecule is CCCCCCCN(C(=O)Nc1ccc(OC)cc1)C1Cc2ccc(SC(C)(C)C(=O)O)cc2C1. The summed E-state index contributed by atoms with van der Waals surface area (Å²) in [5.41, 5.74) is 3.19. The third-order valence-electron chi connectivity index (χ3n) is 6.52. The lowest BCUT2D eigenvalue weighted by atomic mass is 10.1. The Hall–Kier alpha value is -2.67. The number of unbranched alkanes of at least 4 members (excludes halogenated alkanes) is 4. The minimum atomic E-state index is -0.894. The van der Waals surface area contributed by atoms with Gasteiger partial charge in [-0.05, 0) is 80.6 Å². The van der Waals surface area contributed by atoms with Crippen LogP contribution in [0.15, 0.2) is 47.4 Å². The van der Waals surface area contributed by atoms with Gasteiger partial charge in [-0.2, -0.15) is 0 Å². The topological polar surface area (TPSA) is 78.9 Å². The number of fused-ring (bicyclic) bond motifs is 1. The summed E-state index contributed by atoms with van der Waals surface area (Å²) in [6.45, 7) is 6.37. The number of hydrogen-bond acceptors (Lipinski definition) is 4. The van der Waals surface area contributed by atoms with E-state index in [1.54, 1.807) is 21.0 Å². The maximum atomic E-state index is 13.4. The number of carboxylic acid groups (broad SMARTS) is 1. The summed E-state index contributed by atoms with van der Waals surface area (Å²) in [7, 11) is 1.62. The van der Waals surface area contributed by atoms with Gasteiger partial charge in [-0.25, -0.2) is 4.79 Å². The van der Waals surface area contributed by atoms with Crippen LogP contribution in [-0.2, 0) is 17.6 Å². The fourth-order valence-corrected chi connectivity index (χ4v) is 5.41. The fourth-order valence-electron chi connectivity index (χ4n) is 4.40. The first-order chi connectivity index (χ1) is 16.7. The standard InChI is InChI=1S/C28H38N2O4S/c1-5-6-7-8-9-16-30(27(33)29-22-11-13-24(34-4)14-12-22)23-17-20-10-15-25(19-21(20)18-23)35-28(2,3)26(31)32/h10-15,19,23H,5-9,16-18H2,1-4H3,(H,29,33)(H,31,32). The summed E-state index contributed by atoms with van der Waals surface area (Å²) in [5.74, 6) is -0.0768. The Morgan fingerprint density at radius 1 is 1.06 bits per heavy atom. The number of ether oxygens (including phenoxy) is 1. The van der Waals surface area contributed by atoms with Crippen LogP contribution in [0.5, 0.6) is 5.75 Å². The Kier molecular flexibility index (Phi) is 9.49. The van der Waals surface area contributed by atoms with E-state index in [0.29, 0.717) is 0 Å². The minimum Gasteiger partial charge on any atom is -0.497 e. The van der Waals surface area contributed by atoms with Crippen molar-refractivity contribution in [1.29, 1.82) is 0 Å². The van der Waals surface area contributed by atoms with Gasteiger partial charge in [0.25, 0.3) is 0 Å². The van der Waals surface area contributed by atoms with E-state index in [0.717, 1.165) is 48.6 Å². The average Bonchev–Trinajstić information content (AvgIpc) is 3.24. The Morgan fingerprint density at radius 2 is 1.74 bits per heavy atom. The van der Waals surface area contributed by atoms with Crippen molar-refractivity contribution in [1.82, 2.24) is 4.90 Å². The van der Waals surface area contributed by atoms with Gasteiger partial charge < -0.3 is 20.1 Å². The van der Waals surface area contributed by atoms with Crippen LogP contribution in [0.2, 0.25) is 0 Å². The highest BCUT2D eigenvalue weighted by molar-refractivity contribution is 8.01. The molecular weight excluding hydrogens is 460 g/mol. The first kappa shape index (κ1) is 26.9. The van der Waals surface area contributed by atoms with Gasteiger partial charge in [-0.15, -0.1) is 11.8 Å². The summed E-state index contributed by atoms with van der Waals surface area (Å²) in [6, 6.07) is 13.6. The average molecular weight is 499 g/mol. The van der Waals surface area contributed by atoms with Crippen molar-refractivity contribution in [3.8, 4) is 5.75 Å². The van der Waals surface area contributed by atoms with Gasteiger partial charge in [0.1, 0.15) is 10.5 Å². The van der Waals surface area contributed by atoms with Crippen LogP contribution in [0.4, 0.5) is 10.5 Å². The molecule has 2 N–H and O–H groups in total.